The van der Waals surface area contributed by atoms with Gasteiger partial charge in [0.15, 0.2) is 0 Å². The highest BCUT2D eigenvalue weighted by Gasteiger charge is 2.03. The third kappa shape index (κ3) is 2.55. The molecular weight excluding hydrogens is 216 g/mol. The Labute approximate surface area is 98.9 Å². The van der Waals surface area contributed by atoms with Gasteiger partial charge < -0.3 is 15.5 Å². The number of hydrogen-bond donors (Lipinski definition) is 2. The summed E-state index contributed by atoms with van der Waals surface area (Å²) in [4.78, 5) is 4.07. The topological polar surface area (TPSA) is 87.9 Å². The second-order valence-corrected chi connectivity index (χ2v) is 3.63. The van der Waals surface area contributed by atoms with Crippen molar-refractivity contribution in [1.29, 1.82) is 5.26 Å². The van der Waals surface area contributed by atoms with Crippen molar-refractivity contribution >= 4 is 11.4 Å². The second kappa shape index (κ2) is 4.58. The lowest BCUT2D eigenvalue weighted by Crippen LogP contribution is -2.02. The van der Waals surface area contributed by atoms with Crippen LogP contribution in [0.1, 0.15) is 17.2 Å². The Hall–Kier alpha value is -2.48. The molecule has 1 heterocycles. The van der Waals surface area contributed by atoms with Crippen LogP contribution in [0.2, 0.25) is 0 Å². The summed E-state index contributed by atoms with van der Waals surface area (Å²) in [6.45, 7) is 2.30. The Kier molecular flexibility index (Phi) is 2.97. The molecule has 0 aliphatic carbocycles. The number of oxazole rings is 1. The van der Waals surface area contributed by atoms with Gasteiger partial charge in [-0.05, 0) is 25.1 Å². The van der Waals surface area contributed by atoms with Crippen molar-refractivity contribution in [2.75, 3.05) is 11.1 Å². The fraction of sp³-hybridized carbons (Fsp3) is 0.167. The van der Waals surface area contributed by atoms with Gasteiger partial charge in [-0.2, -0.15) is 5.26 Å². The van der Waals surface area contributed by atoms with Crippen LogP contribution in [0.25, 0.3) is 0 Å². The van der Waals surface area contributed by atoms with Crippen LogP contribution in [0.5, 0.6) is 0 Å². The van der Waals surface area contributed by atoms with Gasteiger partial charge in [-0.25, -0.2) is 4.98 Å². The van der Waals surface area contributed by atoms with E-state index in [1.54, 1.807) is 24.4 Å². The van der Waals surface area contributed by atoms with E-state index in [2.05, 4.69) is 10.3 Å². The Balaban J connectivity index is 2.07. The maximum absolute atomic E-state index is 8.71. The van der Waals surface area contributed by atoms with E-state index in [0.29, 0.717) is 23.7 Å². The van der Waals surface area contributed by atoms with Gasteiger partial charge in [-0.3, -0.25) is 0 Å². The van der Waals surface area contributed by atoms with Crippen LogP contribution in [0.3, 0.4) is 0 Å². The van der Waals surface area contributed by atoms with Crippen LogP contribution in [0.15, 0.2) is 28.8 Å². The second-order valence-electron chi connectivity index (χ2n) is 3.63. The number of hydrogen-bond acceptors (Lipinski definition) is 5. The molecule has 86 valence electrons. The normalized spacial score (nSPS) is 9.88. The van der Waals surface area contributed by atoms with Crippen molar-refractivity contribution in [3.8, 4) is 6.07 Å². The van der Waals surface area contributed by atoms with Gasteiger partial charge in [0, 0.05) is 0 Å². The third-order valence-electron chi connectivity index (χ3n) is 2.28. The number of nitrogens with one attached hydrogen (secondary N) is 1. The number of nitriles is 1. The van der Waals surface area contributed by atoms with Crippen molar-refractivity contribution < 1.29 is 4.42 Å². The Morgan fingerprint density at radius 1 is 1.53 bits per heavy atom. The van der Waals surface area contributed by atoms with E-state index in [-0.39, 0.29) is 0 Å². The van der Waals surface area contributed by atoms with Crippen LogP contribution in [0, 0.1) is 18.3 Å². The first kappa shape index (κ1) is 11.0. The molecule has 17 heavy (non-hydrogen) atoms. The summed E-state index contributed by atoms with van der Waals surface area (Å²) in [5, 5.41) is 11.8. The summed E-state index contributed by atoms with van der Waals surface area (Å²) >= 11 is 0. The van der Waals surface area contributed by atoms with E-state index < -0.39 is 0 Å². The standard InChI is InChI=1S/C12H12N4O/c1-8-6-16-12(17-8)7-15-11-3-2-9(5-13)4-10(11)14/h2-4,6,15H,7,14H2,1H3. The average molecular weight is 228 g/mol. The molecule has 5 nitrogen and oxygen atoms in total. The fourth-order valence-electron chi connectivity index (χ4n) is 1.45. The van der Waals surface area contributed by atoms with Gasteiger partial charge in [0.2, 0.25) is 5.89 Å². The fourth-order valence-corrected chi connectivity index (χ4v) is 1.45. The molecule has 0 aliphatic rings. The minimum atomic E-state index is 0.462. The summed E-state index contributed by atoms with van der Waals surface area (Å²) in [7, 11) is 0. The number of aryl methyl sites for hydroxylation is 1. The molecule has 0 atom stereocenters. The van der Waals surface area contributed by atoms with Crippen LogP contribution in [-0.2, 0) is 6.54 Å². The molecule has 5 heteroatoms. The molecule has 1 aromatic carbocycles. The maximum atomic E-state index is 8.71. The highest BCUT2D eigenvalue weighted by atomic mass is 16.4. The third-order valence-corrected chi connectivity index (χ3v) is 2.28. The molecule has 0 spiro atoms. The molecule has 0 bridgehead atoms. The largest absolute Gasteiger partial charge is 0.444 e. The molecule has 3 N–H and O–H groups in total. The predicted molar refractivity (Wildman–Crippen MR) is 64.1 cm³/mol. The van der Waals surface area contributed by atoms with Crippen molar-refractivity contribution in [2.24, 2.45) is 0 Å². The van der Waals surface area contributed by atoms with E-state index >= 15 is 0 Å². The number of rotatable bonds is 3. The molecule has 0 saturated heterocycles. The van der Waals surface area contributed by atoms with Gasteiger partial charge in [0.25, 0.3) is 0 Å². The average Bonchev–Trinajstić information content (AvgIpc) is 2.73. The lowest BCUT2D eigenvalue weighted by molar-refractivity contribution is 0.479. The molecule has 1 aromatic heterocycles. The predicted octanol–water partition coefficient (Wildman–Crippen LogP) is 2.05. The molecule has 2 aromatic rings. The molecule has 0 unspecified atom stereocenters. The number of aromatic nitrogens is 1. The van der Waals surface area contributed by atoms with E-state index in [0.717, 1.165) is 11.4 Å². The number of benzene rings is 1. The Morgan fingerprint density at radius 3 is 2.94 bits per heavy atom. The summed E-state index contributed by atoms with van der Waals surface area (Å²) in [6, 6.07) is 7.14. The molecule has 0 radical (unpaired) electrons. The van der Waals surface area contributed by atoms with Crippen LogP contribution in [-0.4, -0.2) is 4.98 Å². The minimum absolute atomic E-state index is 0.462. The van der Waals surface area contributed by atoms with E-state index in [1.807, 2.05) is 13.0 Å². The van der Waals surface area contributed by atoms with Crippen molar-refractivity contribution in [1.82, 2.24) is 4.98 Å². The van der Waals surface area contributed by atoms with Crippen molar-refractivity contribution in [3.63, 3.8) is 0 Å². The number of nitrogens with two attached hydrogens (primary N) is 1. The zero-order chi connectivity index (χ0) is 12.3. The van der Waals surface area contributed by atoms with Crippen LogP contribution < -0.4 is 11.1 Å². The number of anilines is 2. The maximum Gasteiger partial charge on any atom is 0.213 e. The highest BCUT2D eigenvalue weighted by Crippen LogP contribution is 2.20. The SMILES string of the molecule is Cc1cnc(CNc2ccc(C#N)cc2N)o1. The van der Waals surface area contributed by atoms with Crippen LogP contribution >= 0.6 is 0 Å². The van der Waals surface area contributed by atoms with Gasteiger partial charge in [-0.1, -0.05) is 0 Å². The van der Waals surface area contributed by atoms with Crippen molar-refractivity contribution in [2.45, 2.75) is 13.5 Å². The Bertz CT molecular complexity index is 568. The molecule has 0 fully saturated rings. The summed E-state index contributed by atoms with van der Waals surface area (Å²) in [5.41, 5.74) is 7.64. The first-order valence-electron chi connectivity index (χ1n) is 5.14. The molecular formula is C12H12N4O. The number of nitrogens with zero attached hydrogens (tertiary/aromatic N) is 2. The quantitative estimate of drug-likeness (QED) is 0.785. The summed E-state index contributed by atoms with van der Waals surface area (Å²) < 4.78 is 5.32. The lowest BCUT2D eigenvalue weighted by atomic mass is 10.2. The van der Waals surface area contributed by atoms with Crippen molar-refractivity contribution in [3.05, 3.63) is 41.6 Å². The van der Waals surface area contributed by atoms with Crippen LogP contribution in [0.4, 0.5) is 11.4 Å². The minimum Gasteiger partial charge on any atom is -0.444 e. The molecule has 0 aliphatic heterocycles. The zero-order valence-electron chi connectivity index (χ0n) is 9.40. The number of nitrogen functional groups attached to an aromatic ring is 1. The summed E-state index contributed by atoms with van der Waals surface area (Å²) in [6.07, 6.45) is 1.67. The lowest BCUT2D eigenvalue weighted by Gasteiger charge is -2.07. The van der Waals surface area contributed by atoms with Gasteiger partial charge in [-0.15, -0.1) is 0 Å². The van der Waals surface area contributed by atoms with Gasteiger partial charge in [0.1, 0.15) is 5.76 Å². The van der Waals surface area contributed by atoms with E-state index in [1.165, 1.54) is 0 Å². The highest BCUT2D eigenvalue weighted by molar-refractivity contribution is 5.68. The molecule has 0 saturated carbocycles. The zero-order valence-corrected chi connectivity index (χ0v) is 9.40. The van der Waals surface area contributed by atoms with Gasteiger partial charge in [0.05, 0.1) is 35.7 Å². The van der Waals surface area contributed by atoms with Gasteiger partial charge >= 0.3 is 0 Å². The van der Waals surface area contributed by atoms with E-state index in [4.69, 9.17) is 15.4 Å². The van der Waals surface area contributed by atoms with E-state index in [9.17, 15) is 0 Å². The Morgan fingerprint density at radius 2 is 2.35 bits per heavy atom. The smallest absolute Gasteiger partial charge is 0.213 e. The summed E-state index contributed by atoms with van der Waals surface area (Å²) in [5.74, 6) is 1.38. The molecule has 2 rings (SSSR count). The first-order valence-corrected chi connectivity index (χ1v) is 5.14. The molecule has 0 amide bonds. The monoisotopic (exact) mass is 228 g/mol. The first-order chi connectivity index (χ1) is 8.19.